The van der Waals surface area contributed by atoms with Crippen molar-refractivity contribution in [2.24, 2.45) is 0 Å². The lowest BCUT2D eigenvalue weighted by molar-refractivity contribution is -0.134. The molecular weight excluding hydrogens is 490 g/mol. The summed E-state index contributed by atoms with van der Waals surface area (Å²) < 4.78 is 43.2. The monoisotopic (exact) mass is 516 g/mol. The van der Waals surface area contributed by atoms with Crippen molar-refractivity contribution >= 4 is 27.9 Å². The van der Waals surface area contributed by atoms with Gasteiger partial charge in [-0.15, -0.1) is 0 Å². The minimum Gasteiger partial charge on any atom is -0.483 e. The lowest BCUT2D eigenvalue weighted by Gasteiger charge is -2.36. The molecular formula is C28H26F2N6O2. The molecule has 3 aromatic heterocycles. The van der Waals surface area contributed by atoms with Gasteiger partial charge in [0.2, 0.25) is 0 Å². The van der Waals surface area contributed by atoms with E-state index in [1.165, 1.54) is 6.33 Å². The number of aryl methyl sites for hydroxylation is 1. The molecule has 8 nitrogen and oxygen atoms in total. The van der Waals surface area contributed by atoms with E-state index in [0.29, 0.717) is 40.5 Å². The smallest absolute Gasteiger partial charge is 0.296 e. The average molecular weight is 517 g/mol. The number of benzene rings is 2. The quantitative estimate of drug-likeness (QED) is 0.304. The Morgan fingerprint density at radius 3 is 2.79 bits per heavy atom. The number of nitrogens with one attached hydrogen (secondary N) is 1. The van der Waals surface area contributed by atoms with Gasteiger partial charge in [0.25, 0.3) is 5.92 Å². The van der Waals surface area contributed by atoms with Crippen LogP contribution in [-0.4, -0.2) is 56.6 Å². The highest BCUT2D eigenvalue weighted by Gasteiger charge is 2.45. The van der Waals surface area contributed by atoms with Crippen molar-refractivity contribution in [3.63, 3.8) is 0 Å². The summed E-state index contributed by atoms with van der Waals surface area (Å²) in [5.74, 6) is -0.806. The molecule has 0 amide bonds. The molecule has 1 atom stereocenters. The van der Waals surface area contributed by atoms with Crippen LogP contribution in [0.1, 0.15) is 12.0 Å². The van der Waals surface area contributed by atoms with Gasteiger partial charge in [0.1, 0.15) is 29.4 Å². The molecule has 0 bridgehead atoms. The number of nitrogens with zero attached hydrogens (tertiary/aromatic N) is 5. The summed E-state index contributed by atoms with van der Waals surface area (Å²) in [5.41, 5.74) is 3.24. The topological polar surface area (TPSA) is 76.8 Å². The van der Waals surface area contributed by atoms with E-state index in [9.17, 15) is 8.78 Å². The number of halogens is 2. The Kier molecular flexibility index (Phi) is 6.03. The fourth-order valence-corrected chi connectivity index (χ4v) is 4.72. The van der Waals surface area contributed by atoms with E-state index < -0.39 is 12.0 Å². The predicted octanol–water partition coefficient (Wildman–Crippen LogP) is 5.84. The van der Waals surface area contributed by atoms with Crippen LogP contribution in [0.5, 0.6) is 17.2 Å². The van der Waals surface area contributed by atoms with E-state index >= 15 is 0 Å². The number of hydrogen-bond acceptors (Lipinski definition) is 7. The van der Waals surface area contributed by atoms with Crippen LogP contribution in [0.4, 0.5) is 20.3 Å². The molecule has 6 rings (SSSR count). The lowest BCUT2D eigenvalue weighted by atomic mass is 10.0. The average Bonchev–Trinajstić information content (AvgIpc) is 3.35. The Balaban J connectivity index is 1.26. The molecule has 0 radical (unpaired) electrons. The molecule has 194 valence electrons. The van der Waals surface area contributed by atoms with E-state index in [1.54, 1.807) is 40.9 Å². The third-order valence-corrected chi connectivity index (χ3v) is 6.65. The summed E-state index contributed by atoms with van der Waals surface area (Å²) in [7, 11) is 1.69. The molecule has 1 aliphatic rings. The molecule has 2 aromatic carbocycles. The molecule has 5 aromatic rings. The molecule has 0 spiro atoms. The first-order chi connectivity index (χ1) is 18.4. The largest absolute Gasteiger partial charge is 0.483 e. The molecule has 1 fully saturated rings. The van der Waals surface area contributed by atoms with Gasteiger partial charge in [0, 0.05) is 24.8 Å². The predicted molar refractivity (Wildman–Crippen MR) is 141 cm³/mol. The van der Waals surface area contributed by atoms with Crippen LogP contribution in [0, 0.1) is 6.92 Å². The molecule has 10 heteroatoms. The minimum atomic E-state index is -2.96. The van der Waals surface area contributed by atoms with Gasteiger partial charge < -0.3 is 19.7 Å². The summed E-state index contributed by atoms with van der Waals surface area (Å²) in [5, 5.41) is 8.10. The van der Waals surface area contributed by atoms with Gasteiger partial charge in [0.05, 0.1) is 29.2 Å². The van der Waals surface area contributed by atoms with E-state index in [2.05, 4.69) is 20.4 Å². The number of aromatic nitrogens is 4. The highest BCUT2D eigenvalue weighted by atomic mass is 19.3. The Morgan fingerprint density at radius 2 is 1.95 bits per heavy atom. The van der Waals surface area contributed by atoms with Crippen molar-refractivity contribution in [2.75, 3.05) is 25.5 Å². The first-order valence-electron chi connectivity index (χ1n) is 12.3. The van der Waals surface area contributed by atoms with Gasteiger partial charge in [0.15, 0.2) is 6.10 Å². The van der Waals surface area contributed by atoms with Crippen molar-refractivity contribution in [3.05, 3.63) is 78.9 Å². The SMILES string of the molecule is Cc1cc(Nc2ncnc3cccc(OC4CCN(C)CC4(F)F)c23)ccc1Oc1ccc2ccnn2c1. The second kappa shape index (κ2) is 9.53. The number of likely N-dealkylation sites (tertiary alicyclic amines) is 1. The number of piperidine rings is 1. The number of anilines is 2. The molecule has 0 saturated carbocycles. The van der Waals surface area contributed by atoms with Gasteiger partial charge in [-0.3, -0.25) is 0 Å². The van der Waals surface area contributed by atoms with Crippen molar-refractivity contribution in [1.82, 2.24) is 24.5 Å². The molecule has 0 aliphatic carbocycles. The summed E-state index contributed by atoms with van der Waals surface area (Å²) in [4.78, 5) is 10.4. The minimum absolute atomic E-state index is 0.227. The third-order valence-electron chi connectivity index (χ3n) is 6.65. The molecule has 4 heterocycles. The van der Waals surface area contributed by atoms with Crippen LogP contribution in [-0.2, 0) is 0 Å². The van der Waals surface area contributed by atoms with Gasteiger partial charge in [-0.05, 0) is 68.1 Å². The maximum atomic E-state index is 14.7. The zero-order chi connectivity index (χ0) is 26.3. The van der Waals surface area contributed by atoms with Crippen LogP contribution in [0.2, 0.25) is 0 Å². The van der Waals surface area contributed by atoms with Crippen LogP contribution >= 0.6 is 0 Å². The van der Waals surface area contributed by atoms with Gasteiger partial charge in [-0.1, -0.05) is 6.07 Å². The molecule has 1 N–H and O–H groups in total. The summed E-state index contributed by atoms with van der Waals surface area (Å²) >= 11 is 0. The maximum absolute atomic E-state index is 14.7. The number of fused-ring (bicyclic) bond motifs is 2. The second-order valence-corrected chi connectivity index (χ2v) is 9.54. The summed E-state index contributed by atoms with van der Waals surface area (Å²) in [6.07, 6.45) is 4.00. The summed E-state index contributed by atoms with van der Waals surface area (Å²) in [6, 6.07) is 16.7. The highest BCUT2D eigenvalue weighted by Crippen LogP contribution is 2.37. The Morgan fingerprint density at radius 1 is 1.05 bits per heavy atom. The van der Waals surface area contributed by atoms with Gasteiger partial charge in [-0.25, -0.2) is 23.3 Å². The molecule has 1 unspecified atom stereocenters. The summed E-state index contributed by atoms with van der Waals surface area (Å²) in [6.45, 7) is 2.14. The highest BCUT2D eigenvalue weighted by molar-refractivity contribution is 5.95. The number of alkyl halides is 2. The first-order valence-corrected chi connectivity index (χ1v) is 12.3. The van der Waals surface area contributed by atoms with Crippen LogP contribution in [0.3, 0.4) is 0 Å². The fraction of sp³-hybridized carbons (Fsp3) is 0.250. The van der Waals surface area contributed by atoms with Gasteiger partial charge in [-0.2, -0.15) is 5.10 Å². The van der Waals surface area contributed by atoms with Crippen LogP contribution in [0.25, 0.3) is 16.4 Å². The number of ether oxygens (including phenoxy) is 2. The van der Waals surface area contributed by atoms with Crippen molar-refractivity contribution in [2.45, 2.75) is 25.4 Å². The normalized spacial score (nSPS) is 17.5. The Bertz CT molecular complexity index is 1620. The van der Waals surface area contributed by atoms with E-state index in [-0.39, 0.29) is 13.0 Å². The Hall–Kier alpha value is -4.31. The van der Waals surface area contributed by atoms with Crippen LogP contribution < -0.4 is 14.8 Å². The number of hydrogen-bond donors (Lipinski definition) is 1. The van der Waals surface area contributed by atoms with Gasteiger partial charge >= 0.3 is 0 Å². The molecule has 38 heavy (non-hydrogen) atoms. The van der Waals surface area contributed by atoms with E-state index in [1.807, 2.05) is 49.5 Å². The van der Waals surface area contributed by atoms with Crippen LogP contribution in [0.15, 0.2) is 73.3 Å². The third kappa shape index (κ3) is 4.70. The molecule has 1 aliphatic heterocycles. The zero-order valence-corrected chi connectivity index (χ0v) is 20.9. The van der Waals surface area contributed by atoms with Crippen molar-refractivity contribution < 1.29 is 18.3 Å². The van der Waals surface area contributed by atoms with Crippen molar-refractivity contribution in [1.29, 1.82) is 0 Å². The van der Waals surface area contributed by atoms with E-state index in [4.69, 9.17) is 9.47 Å². The second-order valence-electron chi connectivity index (χ2n) is 9.54. The van der Waals surface area contributed by atoms with E-state index in [0.717, 1.165) is 16.8 Å². The van der Waals surface area contributed by atoms with Crippen molar-refractivity contribution in [3.8, 4) is 17.2 Å². The first kappa shape index (κ1) is 24.1. The molecule has 1 saturated heterocycles. The number of rotatable bonds is 6. The standard InChI is InChI=1S/C28H26F2N6O2/c1-18-14-19(6-9-23(18)37-21-8-7-20-10-12-33-36(20)15-21)34-27-26-22(31-17-32-27)4-3-5-24(26)38-25-11-13-35(2)16-28(25,29)30/h3-10,12,14-15,17,25H,11,13,16H2,1-2H3,(H,31,32,34). The zero-order valence-electron chi connectivity index (χ0n) is 20.9. The number of pyridine rings is 1. The fourth-order valence-electron chi connectivity index (χ4n) is 4.72. The lowest BCUT2D eigenvalue weighted by Crippen LogP contribution is -2.52. The maximum Gasteiger partial charge on any atom is 0.296 e. The Labute approximate surface area is 217 Å².